The molecule has 8 heteroatoms. The van der Waals surface area contributed by atoms with Gasteiger partial charge in [-0.15, -0.1) is 6.58 Å². The van der Waals surface area contributed by atoms with Gasteiger partial charge in [-0.1, -0.05) is 12.1 Å². The molecule has 0 atom stereocenters. The van der Waals surface area contributed by atoms with E-state index >= 15 is 0 Å². The van der Waals surface area contributed by atoms with Gasteiger partial charge in [0, 0.05) is 78.1 Å². The minimum atomic E-state index is 0.0402. The summed E-state index contributed by atoms with van der Waals surface area (Å²) in [5.41, 5.74) is 0. The Hall–Kier alpha value is -2.45. The number of carbonyl (C=O) groups excluding carboxylic acids is 2. The standard InChI is InChI=1S/C21H32N6O2/c1-2-7-23-20(28)18-25-12-10-24(11-13-25)9-6-21(29)27-16-14-26(15-17-27)19-5-3-4-8-22-19/h2-5,8H,1,6-7,9-18H2,(H,23,28). The van der Waals surface area contributed by atoms with Gasteiger partial charge in [0.25, 0.3) is 0 Å². The molecule has 0 bridgehead atoms. The molecule has 0 aliphatic carbocycles. The quantitative estimate of drug-likeness (QED) is 0.622. The second kappa shape index (κ2) is 10.9. The maximum Gasteiger partial charge on any atom is 0.234 e. The van der Waals surface area contributed by atoms with Crippen molar-refractivity contribution in [1.82, 2.24) is 25.0 Å². The van der Waals surface area contributed by atoms with Crippen LogP contribution in [0.1, 0.15) is 6.42 Å². The van der Waals surface area contributed by atoms with Crippen molar-refractivity contribution >= 4 is 17.6 Å². The smallest absolute Gasteiger partial charge is 0.234 e. The first kappa shape index (κ1) is 21.3. The Kier molecular flexibility index (Phi) is 8.01. The fraction of sp³-hybridized carbons (Fsp3) is 0.571. The maximum absolute atomic E-state index is 12.6. The first-order valence-corrected chi connectivity index (χ1v) is 10.4. The van der Waals surface area contributed by atoms with Gasteiger partial charge in [-0.3, -0.25) is 14.5 Å². The summed E-state index contributed by atoms with van der Waals surface area (Å²) < 4.78 is 0. The Balaban J connectivity index is 1.31. The second-order valence-corrected chi connectivity index (χ2v) is 7.52. The molecule has 1 aromatic rings. The number of hydrogen-bond donors (Lipinski definition) is 1. The zero-order valence-electron chi connectivity index (χ0n) is 17.1. The normalized spacial score (nSPS) is 18.5. The number of amides is 2. The Morgan fingerprint density at radius 1 is 1.03 bits per heavy atom. The van der Waals surface area contributed by atoms with Crippen molar-refractivity contribution in [3.05, 3.63) is 37.1 Å². The predicted molar refractivity (Wildman–Crippen MR) is 114 cm³/mol. The predicted octanol–water partition coefficient (Wildman–Crippen LogP) is 0.0401. The summed E-state index contributed by atoms with van der Waals surface area (Å²) >= 11 is 0. The molecule has 2 fully saturated rings. The molecule has 3 heterocycles. The van der Waals surface area contributed by atoms with Crippen molar-refractivity contribution in [3.63, 3.8) is 0 Å². The van der Waals surface area contributed by atoms with Crippen LogP contribution in [0, 0.1) is 0 Å². The van der Waals surface area contributed by atoms with E-state index in [1.165, 1.54) is 0 Å². The molecule has 0 radical (unpaired) electrons. The minimum Gasteiger partial charge on any atom is -0.353 e. The Morgan fingerprint density at radius 3 is 2.41 bits per heavy atom. The number of aromatic nitrogens is 1. The van der Waals surface area contributed by atoms with E-state index in [1.807, 2.05) is 23.1 Å². The summed E-state index contributed by atoms with van der Waals surface area (Å²) in [5.74, 6) is 1.26. The number of nitrogens with one attached hydrogen (secondary N) is 1. The molecule has 0 spiro atoms. The lowest BCUT2D eigenvalue weighted by atomic mass is 10.2. The number of pyridine rings is 1. The third-order valence-electron chi connectivity index (χ3n) is 5.52. The van der Waals surface area contributed by atoms with Gasteiger partial charge in [-0.2, -0.15) is 0 Å². The summed E-state index contributed by atoms with van der Waals surface area (Å²) in [6.45, 7) is 12.0. The first-order valence-electron chi connectivity index (χ1n) is 10.4. The number of rotatable bonds is 8. The van der Waals surface area contributed by atoms with Gasteiger partial charge in [-0.05, 0) is 12.1 Å². The van der Waals surface area contributed by atoms with Crippen LogP contribution in [-0.4, -0.2) is 103 Å². The van der Waals surface area contributed by atoms with Crippen LogP contribution in [-0.2, 0) is 9.59 Å². The van der Waals surface area contributed by atoms with Gasteiger partial charge in [0.05, 0.1) is 6.54 Å². The van der Waals surface area contributed by atoms with Crippen LogP contribution < -0.4 is 10.2 Å². The monoisotopic (exact) mass is 400 g/mol. The van der Waals surface area contributed by atoms with Gasteiger partial charge in [0.2, 0.25) is 11.8 Å². The van der Waals surface area contributed by atoms with E-state index in [0.717, 1.165) is 64.7 Å². The van der Waals surface area contributed by atoms with E-state index in [0.29, 0.717) is 19.5 Å². The number of hydrogen-bond acceptors (Lipinski definition) is 6. The summed E-state index contributed by atoms with van der Waals surface area (Å²) in [6, 6.07) is 5.92. The lowest BCUT2D eigenvalue weighted by molar-refractivity contribution is -0.131. The molecule has 2 aliphatic rings. The molecule has 2 amide bonds. The summed E-state index contributed by atoms with van der Waals surface area (Å²) in [7, 11) is 0. The highest BCUT2D eigenvalue weighted by molar-refractivity contribution is 5.78. The van der Waals surface area contributed by atoms with Crippen molar-refractivity contribution < 1.29 is 9.59 Å². The third kappa shape index (κ3) is 6.54. The summed E-state index contributed by atoms with van der Waals surface area (Å²) in [5, 5.41) is 2.81. The first-order chi connectivity index (χ1) is 14.2. The van der Waals surface area contributed by atoms with E-state index in [2.05, 4.69) is 31.6 Å². The highest BCUT2D eigenvalue weighted by Gasteiger charge is 2.23. The van der Waals surface area contributed by atoms with Gasteiger partial charge < -0.3 is 20.0 Å². The molecular formula is C21H32N6O2. The highest BCUT2D eigenvalue weighted by Crippen LogP contribution is 2.13. The number of piperazine rings is 2. The van der Waals surface area contributed by atoms with E-state index in [-0.39, 0.29) is 11.8 Å². The summed E-state index contributed by atoms with van der Waals surface area (Å²) in [4.78, 5) is 37.4. The number of nitrogens with zero attached hydrogens (tertiary/aromatic N) is 5. The Bertz CT molecular complexity index is 667. The zero-order valence-corrected chi connectivity index (χ0v) is 17.1. The van der Waals surface area contributed by atoms with Crippen LogP contribution in [0.5, 0.6) is 0 Å². The number of anilines is 1. The largest absolute Gasteiger partial charge is 0.353 e. The molecule has 8 nitrogen and oxygen atoms in total. The molecule has 3 rings (SSSR count). The van der Waals surface area contributed by atoms with Crippen LogP contribution in [0.3, 0.4) is 0 Å². The Labute approximate surface area is 173 Å². The average molecular weight is 401 g/mol. The fourth-order valence-electron chi connectivity index (χ4n) is 3.75. The lowest BCUT2D eigenvalue weighted by Gasteiger charge is -2.37. The maximum atomic E-state index is 12.6. The van der Waals surface area contributed by atoms with E-state index < -0.39 is 0 Å². The molecule has 29 heavy (non-hydrogen) atoms. The molecule has 1 aromatic heterocycles. The SMILES string of the molecule is C=CCNC(=O)CN1CCN(CCC(=O)N2CCN(c3ccccn3)CC2)CC1. The topological polar surface area (TPSA) is 72.0 Å². The molecule has 0 aromatic carbocycles. The van der Waals surface area contributed by atoms with Crippen molar-refractivity contribution in [3.8, 4) is 0 Å². The van der Waals surface area contributed by atoms with E-state index in [9.17, 15) is 9.59 Å². The molecular weight excluding hydrogens is 368 g/mol. The van der Waals surface area contributed by atoms with Crippen molar-refractivity contribution in [2.24, 2.45) is 0 Å². The highest BCUT2D eigenvalue weighted by atomic mass is 16.2. The molecule has 0 saturated carbocycles. The van der Waals surface area contributed by atoms with Crippen molar-refractivity contribution in [2.75, 3.05) is 76.9 Å². The van der Waals surface area contributed by atoms with Gasteiger partial charge in [0.1, 0.15) is 5.82 Å². The van der Waals surface area contributed by atoms with Gasteiger partial charge >= 0.3 is 0 Å². The van der Waals surface area contributed by atoms with Crippen LogP contribution in [0.25, 0.3) is 0 Å². The third-order valence-corrected chi connectivity index (χ3v) is 5.52. The van der Waals surface area contributed by atoms with Crippen LogP contribution in [0.2, 0.25) is 0 Å². The molecule has 1 N–H and O–H groups in total. The Morgan fingerprint density at radius 2 is 1.76 bits per heavy atom. The van der Waals surface area contributed by atoms with Crippen LogP contribution >= 0.6 is 0 Å². The zero-order chi connectivity index (χ0) is 20.5. The lowest BCUT2D eigenvalue weighted by Crippen LogP contribution is -2.51. The van der Waals surface area contributed by atoms with Crippen molar-refractivity contribution in [2.45, 2.75) is 6.42 Å². The van der Waals surface area contributed by atoms with Gasteiger partial charge in [-0.25, -0.2) is 4.98 Å². The van der Waals surface area contributed by atoms with Crippen LogP contribution in [0.15, 0.2) is 37.1 Å². The number of carbonyl (C=O) groups is 2. The second-order valence-electron chi connectivity index (χ2n) is 7.52. The van der Waals surface area contributed by atoms with Gasteiger partial charge in [0.15, 0.2) is 0 Å². The summed E-state index contributed by atoms with van der Waals surface area (Å²) in [6.07, 6.45) is 4.05. The average Bonchev–Trinajstić information content (AvgIpc) is 2.77. The molecule has 2 saturated heterocycles. The molecule has 2 aliphatic heterocycles. The molecule has 158 valence electrons. The van der Waals surface area contributed by atoms with Crippen molar-refractivity contribution in [1.29, 1.82) is 0 Å². The fourth-order valence-corrected chi connectivity index (χ4v) is 3.75. The molecule has 0 unspecified atom stereocenters. The van der Waals surface area contributed by atoms with E-state index in [4.69, 9.17) is 0 Å². The van der Waals surface area contributed by atoms with E-state index in [1.54, 1.807) is 12.3 Å². The minimum absolute atomic E-state index is 0.0402. The van der Waals surface area contributed by atoms with Crippen LogP contribution in [0.4, 0.5) is 5.82 Å².